The molecular formula is C15H21NO3. The molecule has 1 aliphatic rings. The van der Waals surface area contributed by atoms with E-state index in [1.807, 2.05) is 30.3 Å². The van der Waals surface area contributed by atoms with Crippen molar-refractivity contribution in [3.05, 3.63) is 35.9 Å². The molecule has 2 rings (SSSR count). The van der Waals surface area contributed by atoms with Gasteiger partial charge in [-0.15, -0.1) is 0 Å². The van der Waals surface area contributed by atoms with Crippen LogP contribution in [-0.2, 0) is 11.3 Å². The van der Waals surface area contributed by atoms with Gasteiger partial charge >= 0.3 is 6.09 Å². The van der Waals surface area contributed by atoms with Crippen LogP contribution >= 0.6 is 0 Å². The fourth-order valence-electron chi connectivity index (χ4n) is 2.56. The number of rotatable bonds is 3. The average Bonchev–Trinajstić information content (AvgIpc) is 2.45. The highest BCUT2D eigenvalue weighted by Gasteiger charge is 2.32. The molecule has 0 bridgehead atoms. The predicted molar refractivity (Wildman–Crippen MR) is 72.6 cm³/mol. The number of hydrogen-bond acceptors (Lipinski definition) is 3. The molecule has 4 nitrogen and oxygen atoms in total. The van der Waals surface area contributed by atoms with E-state index in [0.29, 0.717) is 12.5 Å². The van der Waals surface area contributed by atoms with Crippen molar-refractivity contribution in [3.8, 4) is 0 Å². The van der Waals surface area contributed by atoms with Crippen LogP contribution in [0.1, 0.15) is 25.3 Å². The minimum Gasteiger partial charge on any atom is -0.445 e. The van der Waals surface area contributed by atoms with Gasteiger partial charge in [-0.2, -0.15) is 0 Å². The summed E-state index contributed by atoms with van der Waals surface area (Å²) in [6, 6.07) is 9.51. The molecule has 1 aliphatic heterocycles. The van der Waals surface area contributed by atoms with E-state index < -0.39 is 0 Å². The number of nitrogens with zero attached hydrogens (tertiary/aromatic N) is 1. The lowest BCUT2D eigenvalue weighted by Gasteiger charge is -2.38. The molecule has 0 saturated carbocycles. The number of likely N-dealkylation sites (tertiary alicyclic amines) is 1. The maximum absolute atomic E-state index is 12.1. The Labute approximate surface area is 114 Å². The SMILES string of the molecule is CC1CCCN(C(=O)OCc2ccccc2)C1CO. The van der Waals surface area contributed by atoms with Gasteiger partial charge in [-0.05, 0) is 24.3 Å². The van der Waals surface area contributed by atoms with Crippen molar-refractivity contribution in [2.24, 2.45) is 5.92 Å². The van der Waals surface area contributed by atoms with E-state index in [1.54, 1.807) is 4.90 Å². The average molecular weight is 263 g/mol. The molecule has 0 aromatic heterocycles. The number of aliphatic hydroxyl groups excluding tert-OH is 1. The summed E-state index contributed by atoms with van der Waals surface area (Å²) in [4.78, 5) is 13.7. The van der Waals surface area contributed by atoms with Gasteiger partial charge in [-0.25, -0.2) is 4.79 Å². The standard InChI is InChI=1S/C15H21NO3/c1-12-6-5-9-16(14(12)10-17)15(18)19-11-13-7-3-2-4-8-13/h2-4,7-8,12,14,17H,5-6,9-11H2,1H3. The fourth-order valence-corrected chi connectivity index (χ4v) is 2.56. The largest absolute Gasteiger partial charge is 0.445 e. The Morgan fingerprint density at radius 1 is 1.42 bits per heavy atom. The normalized spacial score (nSPS) is 23.2. The summed E-state index contributed by atoms with van der Waals surface area (Å²) >= 11 is 0. The van der Waals surface area contributed by atoms with Crippen LogP contribution in [0.4, 0.5) is 4.79 Å². The quantitative estimate of drug-likeness (QED) is 0.911. The molecule has 1 amide bonds. The molecule has 19 heavy (non-hydrogen) atoms. The van der Waals surface area contributed by atoms with Crippen LogP contribution in [0, 0.1) is 5.92 Å². The van der Waals surface area contributed by atoms with Gasteiger partial charge in [0.05, 0.1) is 12.6 Å². The fraction of sp³-hybridized carbons (Fsp3) is 0.533. The summed E-state index contributed by atoms with van der Waals surface area (Å²) in [6.07, 6.45) is 1.70. The van der Waals surface area contributed by atoms with E-state index in [2.05, 4.69) is 6.92 Å². The molecule has 4 heteroatoms. The second kappa shape index (κ2) is 6.57. The Bertz CT molecular complexity index is 407. The number of carbonyl (C=O) groups excluding carboxylic acids is 1. The third kappa shape index (κ3) is 3.47. The molecular weight excluding hydrogens is 242 g/mol. The van der Waals surface area contributed by atoms with Crippen molar-refractivity contribution in [3.63, 3.8) is 0 Å². The summed E-state index contributed by atoms with van der Waals surface area (Å²) < 4.78 is 5.32. The Balaban J connectivity index is 1.91. The van der Waals surface area contributed by atoms with Crippen LogP contribution in [-0.4, -0.2) is 35.3 Å². The molecule has 104 valence electrons. The van der Waals surface area contributed by atoms with E-state index in [0.717, 1.165) is 18.4 Å². The third-order valence-electron chi connectivity index (χ3n) is 3.74. The second-order valence-electron chi connectivity index (χ2n) is 5.10. The summed E-state index contributed by atoms with van der Waals surface area (Å²) in [5, 5.41) is 9.42. The van der Waals surface area contributed by atoms with Gasteiger partial charge in [0.2, 0.25) is 0 Å². The Kier molecular flexibility index (Phi) is 4.80. The molecule has 0 aliphatic carbocycles. The highest BCUT2D eigenvalue weighted by Crippen LogP contribution is 2.23. The number of benzene rings is 1. The number of ether oxygens (including phenoxy) is 1. The van der Waals surface area contributed by atoms with E-state index in [1.165, 1.54) is 0 Å². The number of aliphatic hydroxyl groups is 1. The number of piperidine rings is 1. The highest BCUT2D eigenvalue weighted by atomic mass is 16.6. The zero-order valence-electron chi connectivity index (χ0n) is 11.3. The molecule has 1 N–H and O–H groups in total. The lowest BCUT2D eigenvalue weighted by molar-refractivity contribution is 0.0301. The molecule has 0 radical (unpaired) electrons. The maximum atomic E-state index is 12.1. The summed E-state index contributed by atoms with van der Waals surface area (Å²) in [5.41, 5.74) is 0.974. The van der Waals surface area contributed by atoms with Crippen molar-refractivity contribution >= 4 is 6.09 Å². The molecule has 1 fully saturated rings. The van der Waals surface area contributed by atoms with Crippen molar-refractivity contribution in [1.82, 2.24) is 4.90 Å². The zero-order valence-corrected chi connectivity index (χ0v) is 11.3. The van der Waals surface area contributed by atoms with Crippen LogP contribution in [0.15, 0.2) is 30.3 Å². The molecule has 2 atom stereocenters. The predicted octanol–water partition coefficient (Wildman–Crippen LogP) is 2.42. The summed E-state index contributed by atoms with van der Waals surface area (Å²) in [7, 11) is 0. The first-order valence-corrected chi connectivity index (χ1v) is 6.80. The number of amides is 1. The Morgan fingerprint density at radius 2 is 2.16 bits per heavy atom. The first kappa shape index (κ1) is 13.9. The molecule has 2 unspecified atom stereocenters. The zero-order chi connectivity index (χ0) is 13.7. The maximum Gasteiger partial charge on any atom is 0.410 e. The summed E-state index contributed by atoms with van der Waals surface area (Å²) in [6.45, 7) is 3.02. The molecule has 1 aromatic carbocycles. The molecule has 1 aromatic rings. The number of carbonyl (C=O) groups is 1. The highest BCUT2D eigenvalue weighted by molar-refractivity contribution is 5.68. The van der Waals surface area contributed by atoms with Crippen molar-refractivity contribution in [2.45, 2.75) is 32.4 Å². The van der Waals surface area contributed by atoms with Crippen LogP contribution in [0.25, 0.3) is 0 Å². The van der Waals surface area contributed by atoms with Gasteiger partial charge in [0.25, 0.3) is 0 Å². The minimum absolute atomic E-state index is 0.00159. The molecule has 0 spiro atoms. The van der Waals surface area contributed by atoms with Crippen LogP contribution in [0.5, 0.6) is 0 Å². The van der Waals surface area contributed by atoms with Crippen molar-refractivity contribution in [1.29, 1.82) is 0 Å². The summed E-state index contributed by atoms with van der Waals surface area (Å²) in [5.74, 6) is 0.322. The topological polar surface area (TPSA) is 49.8 Å². The second-order valence-corrected chi connectivity index (χ2v) is 5.10. The van der Waals surface area contributed by atoms with Crippen LogP contribution < -0.4 is 0 Å². The van der Waals surface area contributed by atoms with Gasteiger partial charge < -0.3 is 14.7 Å². The third-order valence-corrected chi connectivity index (χ3v) is 3.74. The van der Waals surface area contributed by atoms with E-state index in [-0.39, 0.29) is 25.3 Å². The van der Waals surface area contributed by atoms with E-state index in [4.69, 9.17) is 4.74 Å². The monoisotopic (exact) mass is 263 g/mol. The first-order valence-electron chi connectivity index (χ1n) is 6.80. The van der Waals surface area contributed by atoms with Gasteiger partial charge in [-0.3, -0.25) is 0 Å². The van der Waals surface area contributed by atoms with Crippen LogP contribution in [0.2, 0.25) is 0 Å². The van der Waals surface area contributed by atoms with Gasteiger partial charge in [0.15, 0.2) is 0 Å². The van der Waals surface area contributed by atoms with Crippen molar-refractivity contribution < 1.29 is 14.6 Å². The lowest BCUT2D eigenvalue weighted by Crippen LogP contribution is -2.49. The lowest BCUT2D eigenvalue weighted by atomic mass is 9.92. The molecule has 1 heterocycles. The first-order chi connectivity index (χ1) is 9.22. The number of hydrogen-bond donors (Lipinski definition) is 1. The Hall–Kier alpha value is -1.55. The van der Waals surface area contributed by atoms with Gasteiger partial charge in [0.1, 0.15) is 6.61 Å². The van der Waals surface area contributed by atoms with Crippen LogP contribution in [0.3, 0.4) is 0 Å². The van der Waals surface area contributed by atoms with E-state index >= 15 is 0 Å². The minimum atomic E-state index is -0.325. The van der Waals surface area contributed by atoms with E-state index in [9.17, 15) is 9.90 Å². The van der Waals surface area contributed by atoms with Gasteiger partial charge in [0, 0.05) is 6.54 Å². The molecule has 1 saturated heterocycles. The Morgan fingerprint density at radius 3 is 2.84 bits per heavy atom. The van der Waals surface area contributed by atoms with Gasteiger partial charge in [-0.1, -0.05) is 37.3 Å². The van der Waals surface area contributed by atoms with Crippen molar-refractivity contribution in [2.75, 3.05) is 13.2 Å². The smallest absolute Gasteiger partial charge is 0.410 e.